The van der Waals surface area contributed by atoms with E-state index in [0.717, 1.165) is 24.2 Å². The Morgan fingerprint density at radius 1 is 1.44 bits per heavy atom. The molecule has 1 fully saturated rings. The largest absolute Gasteiger partial charge is 0.382 e. The molecule has 1 aromatic rings. The first-order valence-electron chi connectivity index (χ1n) is 5.89. The van der Waals surface area contributed by atoms with Crippen molar-refractivity contribution in [2.45, 2.75) is 25.4 Å². The molecule has 2 N–H and O–H groups in total. The molecule has 3 heteroatoms. The van der Waals surface area contributed by atoms with E-state index < -0.39 is 5.67 Å². The highest BCUT2D eigenvalue weighted by atomic mass is 19.1. The first-order chi connectivity index (χ1) is 7.70. The summed E-state index contributed by atoms with van der Waals surface area (Å²) >= 11 is 0. The van der Waals surface area contributed by atoms with Crippen molar-refractivity contribution in [3.63, 3.8) is 0 Å². The average molecular weight is 222 g/mol. The first kappa shape index (κ1) is 11.4. The van der Waals surface area contributed by atoms with Gasteiger partial charge < -0.3 is 10.6 Å². The number of halogens is 1. The smallest absolute Gasteiger partial charge is 0.140 e. The predicted octanol–water partition coefficient (Wildman–Crippen LogP) is 2.50. The Morgan fingerprint density at radius 2 is 2.25 bits per heavy atom. The van der Waals surface area contributed by atoms with Crippen molar-refractivity contribution in [1.29, 1.82) is 0 Å². The van der Waals surface area contributed by atoms with Gasteiger partial charge in [-0.05, 0) is 37.9 Å². The van der Waals surface area contributed by atoms with Crippen molar-refractivity contribution < 1.29 is 4.39 Å². The molecule has 1 aliphatic heterocycles. The maximum Gasteiger partial charge on any atom is 0.140 e. The van der Waals surface area contributed by atoms with E-state index in [1.165, 1.54) is 0 Å². The lowest BCUT2D eigenvalue weighted by Crippen LogP contribution is -2.46. The summed E-state index contributed by atoms with van der Waals surface area (Å²) in [6.07, 6.45) is 1.57. The third-order valence-corrected chi connectivity index (χ3v) is 3.16. The van der Waals surface area contributed by atoms with E-state index in [-0.39, 0.29) is 0 Å². The van der Waals surface area contributed by atoms with Gasteiger partial charge in [-0.15, -0.1) is 0 Å². The van der Waals surface area contributed by atoms with E-state index in [0.29, 0.717) is 19.5 Å². The van der Waals surface area contributed by atoms with Crippen LogP contribution in [0.3, 0.4) is 0 Å². The summed E-state index contributed by atoms with van der Waals surface area (Å²) < 4.78 is 14.3. The van der Waals surface area contributed by atoms with Crippen LogP contribution in [0.2, 0.25) is 0 Å². The van der Waals surface area contributed by atoms with Crippen molar-refractivity contribution in [3.05, 3.63) is 29.8 Å². The number of aryl methyl sites for hydroxylation is 1. The number of rotatable bonds is 3. The fraction of sp³-hybridized carbons (Fsp3) is 0.538. The fourth-order valence-corrected chi connectivity index (χ4v) is 2.11. The first-order valence-corrected chi connectivity index (χ1v) is 5.89. The Balaban J connectivity index is 1.94. The highest BCUT2D eigenvalue weighted by Crippen LogP contribution is 2.22. The monoisotopic (exact) mass is 222 g/mol. The molecule has 0 aromatic heterocycles. The number of anilines is 1. The van der Waals surface area contributed by atoms with Crippen molar-refractivity contribution >= 4 is 5.69 Å². The normalized spacial score (nSPS) is 25.4. The van der Waals surface area contributed by atoms with Crippen LogP contribution in [0, 0.1) is 6.92 Å². The molecule has 1 aliphatic rings. The zero-order chi connectivity index (χ0) is 11.4. The quantitative estimate of drug-likeness (QED) is 0.821. The molecule has 0 radical (unpaired) electrons. The third kappa shape index (κ3) is 2.73. The fourth-order valence-electron chi connectivity index (χ4n) is 2.11. The lowest BCUT2D eigenvalue weighted by atomic mass is 9.96. The Kier molecular flexibility index (Phi) is 3.44. The van der Waals surface area contributed by atoms with Crippen LogP contribution in [0.25, 0.3) is 0 Å². The molecule has 0 bridgehead atoms. The molecule has 0 aliphatic carbocycles. The minimum absolute atomic E-state index is 0.394. The highest BCUT2D eigenvalue weighted by Gasteiger charge is 2.31. The maximum absolute atomic E-state index is 14.3. The van der Waals surface area contributed by atoms with Gasteiger partial charge in [0.2, 0.25) is 0 Å². The van der Waals surface area contributed by atoms with Gasteiger partial charge in [0.1, 0.15) is 5.67 Å². The Hall–Kier alpha value is -1.09. The summed E-state index contributed by atoms with van der Waals surface area (Å²) in [6.45, 7) is 3.83. The van der Waals surface area contributed by atoms with Gasteiger partial charge in [0.15, 0.2) is 0 Å². The van der Waals surface area contributed by atoms with Gasteiger partial charge in [0.05, 0.1) is 6.54 Å². The second-order valence-corrected chi connectivity index (χ2v) is 4.60. The van der Waals surface area contributed by atoms with Crippen LogP contribution in [0.5, 0.6) is 0 Å². The van der Waals surface area contributed by atoms with E-state index in [1.54, 1.807) is 0 Å². The average Bonchev–Trinajstić information content (AvgIpc) is 2.29. The molecule has 1 heterocycles. The molecule has 0 saturated carbocycles. The predicted molar refractivity (Wildman–Crippen MR) is 65.6 cm³/mol. The zero-order valence-electron chi connectivity index (χ0n) is 9.72. The zero-order valence-corrected chi connectivity index (χ0v) is 9.72. The van der Waals surface area contributed by atoms with Crippen LogP contribution in [0.4, 0.5) is 10.1 Å². The van der Waals surface area contributed by atoms with Gasteiger partial charge in [0.25, 0.3) is 0 Å². The van der Waals surface area contributed by atoms with Gasteiger partial charge >= 0.3 is 0 Å². The van der Waals surface area contributed by atoms with E-state index in [4.69, 9.17) is 0 Å². The number of para-hydroxylation sites is 1. The number of hydrogen-bond acceptors (Lipinski definition) is 2. The van der Waals surface area contributed by atoms with Crippen molar-refractivity contribution in [1.82, 2.24) is 5.32 Å². The lowest BCUT2D eigenvalue weighted by Gasteiger charge is -2.30. The summed E-state index contributed by atoms with van der Waals surface area (Å²) in [5, 5.41) is 6.32. The van der Waals surface area contributed by atoms with Crippen LogP contribution in [0.15, 0.2) is 24.3 Å². The summed E-state index contributed by atoms with van der Waals surface area (Å²) in [6, 6.07) is 7.99. The summed E-state index contributed by atoms with van der Waals surface area (Å²) in [7, 11) is 0. The van der Waals surface area contributed by atoms with Gasteiger partial charge in [0, 0.05) is 12.2 Å². The van der Waals surface area contributed by atoms with Gasteiger partial charge in [-0.2, -0.15) is 0 Å². The Morgan fingerprint density at radius 3 is 2.94 bits per heavy atom. The number of hydrogen-bond donors (Lipinski definition) is 2. The van der Waals surface area contributed by atoms with E-state index in [1.807, 2.05) is 31.2 Å². The summed E-state index contributed by atoms with van der Waals surface area (Å²) in [5.74, 6) is 0. The summed E-state index contributed by atoms with van der Waals surface area (Å²) in [4.78, 5) is 0. The second kappa shape index (κ2) is 4.83. The lowest BCUT2D eigenvalue weighted by molar-refractivity contribution is 0.137. The van der Waals surface area contributed by atoms with Crippen molar-refractivity contribution in [3.8, 4) is 0 Å². The molecule has 2 nitrogen and oxygen atoms in total. The maximum atomic E-state index is 14.3. The van der Waals surface area contributed by atoms with Gasteiger partial charge in [-0.25, -0.2) is 4.39 Å². The van der Waals surface area contributed by atoms with Crippen LogP contribution in [-0.2, 0) is 0 Å². The van der Waals surface area contributed by atoms with Crippen molar-refractivity contribution in [2.24, 2.45) is 0 Å². The number of alkyl halides is 1. The minimum Gasteiger partial charge on any atom is -0.382 e. The Bertz CT molecular complexity index is 346. The van der Waals surface area contributed by atoms with Gasteiger partial charge in [-0.3, -0.25) is 0 Å². The molecule has 1 saturated heterocycles. The highest BCUT2D eigenvalue weighted by molar-refractivity contribution is 5.50. The van der Waals surface area contributed by atoms with Crippen LogP contribution in [-0.4, -0.2) is 25.3 Å². The van der Waals surface area contributed by atoms with Crippen LogP contribution >= 0.6 is 0 Å². The molecule has 1 atom stereocenters. The Labute approximate surface area is 96.2 Å². The topological polar surface area (TPSA) is 24.1 Å². The molecule has 16 heavy (non-hydrogen) atoms. The molecular weight excluding hydrogens is 203 g/mol. The molecular formula is C13H19FN2. The number of benzene rings is 1. The molecule has 1 unspecified atom stereocenters. The molecule has 0 amide bonds. The number of nitrogens with one attached hydrogen (secondary N) is 2. The van der Waals surface area contributed by atoms with Crippen LogP contribution < -0.4 is 10.6 Å². The standard InChI is InChI=1S/C13H19FN2/c1-11-5-2-3-6-12(11)16-10-13(14)7-4-8-15-9-13/h2-3,5-6,15-16H,4,7-10H2,1H3. The van der Waals surface area contributed by atoms with Crippen molar-refractivity contribution in [2.75, 3.05) is 25.0 Å². The molecule has 0 spiro atoms. The van der Waals surface area contributed by atoms with E-state index in [2.05, 4.69) is 10.6 Å². The number of piperidine rings is 1. The molecule has 88 valence electrons. The third-order valence-electron chi connectivity index (χ3n) is 3.16. The molecule has 1 aromatic carbocycles. The van der Waals surface area contributed by atoms with Gasteiger partial charge in [-0.1, -0.05) is 18.2 Å². The minimum atomic E-state index is -1.10. The second-order valence-electron chi connectivity index (χ2n) is 4.60. The SMILES string of the molecule is Cc1ccccc1NCC1(F)CCCNC1. The summed E-state index contributed by atoms with van der Waals surface area (Å²) in [5.41, 5.74) is 1.10. The van der Waals surface area contributed by atoms with E-state index >= 15 is 0 Å². The molecule has 2 rings (SSSR count). The van der Waals surface area contributed by atoms with Crippen LogP contribution in [0.1, 0.15) is 18.4 Å². The van der Waals surface area contributed by atoms with E-state index in [9.17, 15) is 4.39 Å².